The lowest BCUT2D eigenvalue weighted by Gasteiger charge is -2.13. The number of hydrogen-bond acceptors (Lipinski definition) is 5. The summed E-state index contributed by atoms with van der Waals surface area (Å²) in [6.07, 6.45) is 0.692. The van der Waals surface area contributed by atoms with E-state index in [2.05, 4.69) is 20.6 Å². The molecule has 0 spiro atoms. The Morgan fingerprint density at radius 3 is 2.38 bits per heavy atom. The highest BCUT2D eigenvalue weighted by Gasteiger charge is 2.11. The van der Waals surface area contributed by atoms with Crippen LogP contribution in [0.25, 0.3) is 0 Å². The van der Waals surface area contributed by atoms with Gasteiger partial charge in [-0.3, -0.25) is 4.79 Å². The Labute approximate surface area is 169 Å². The van der Waals surface area contributed by atoms with E-state index in [-0.39, 0.29) is 11.7 Å². The van der Waals surface area contributed by atoms with E-state index in [0.29, 0.717) is 36.0 Å². The van der Waals surface area contributed by atoms with Crippen LogP contribution in [0.3, 0.4) is 0 Å². The van der Waals surface area contributed by atoms with Crippen molar-refractivity contribution in [1.29, 1.82) is 0 Å². The molecule has 0 aliphatic heterocycles. The molecule has 0 fully saturated rings. The number of benzene rings is 2. The SMILES string of the molecule is Cc1cc(C(=O)Nc2ccc(N(C)C)cc2)nc(NCCc2ccc(F)cc2)n1. The Morgan fingerprint density at radius 2 is 1.72 bits per heavy atom. The van der Waals surface area contributed by atoms with Gasteiger partial charge in [0, 0.05) is 37.7 Å². The van der Waals surface area contributed by atoms with Crippen molar-refractivity contribution in [3.05, 3.63) is 77.4 Å². The predicted octanol–water partition coefficient (Wildman–Crippen LogP) is 3.90. The molecule has 0 saturated heterocycles. The fraction of sp³-hybridized carbons (Fsp3) is 0.227. The van der Waals surface area contributed by atoms with Gasteiger partial charge in [-0.25, -0.2) is 14.4 Å². The molecule has 150 valence electrons. The molecule has 1 aromatic heterocycles. The lowest BCUT2D eigenvalue weighted by molar-refractivity contribution is 0.102. The van der Waals surface area contributed by atoms with Crippen LogP contribution in [0.5, 0.6) is 0 Å². The number of rotatable bonds is 7. The number of nitrogens with zero attached hydrogens (tertiary/aromatic N) is 3. The summed E-state index contributed by atoms with van der Waals surface area (Å²) < 4.78 is 13.0. The zero-order chi connectivity index (χ0) is 20.8. The van der Waals surface area contributed by atoms with E-state index in [1.807, 2.05) is 50.2 Å². The molecule has 1 amide bonds. The van der Waals surface area contributed by atoms with Crippen molar-refractivity contribution in [2.24, 2.45) is 0 Å². The first kappa shape index (κ1) is 20.3. The average molecular weight is 393 g/mol. The van der Waals surface area contributed by atoms with E-state index < -0.39 is 0 Å². The van der Waals surface area contributed by atoms with E-state index >= 15 is 0 Å². The summed E-state index contributed by atoms with van der Waals surface area (Å²) in [5.41, 5.74) is 3.73. The zero-order valence-corrected chi connectivity index (χ0v) is 16.7. The van der Waals surface area contributed by atoms with Gasteiger partial charge in [0.05, 0.1) is 0 Å². The van der Waals surface area contributed by atoms with Gasteiger partial charge in [0.1, 0.15) is 11.5 Å². The maximum absolute atomic E-state index is 13.0. The van der Waals surface area contributed by atoms with Gasteiger partial charge in [0.2, 0.25) is 5.95 Å². The van der Waals surface area contributed by atoms with Crippen LogP contribution < -0.4 is 15.5 Å². The van der Waals surface area contributed by atoms with Crippen molar-refractivity contribution in [3.8, 4) is 0 Å². The van der Waals surface area contributed by atoms with Crippen LogP contribution in [-0.2, 0) is 6.42 Å². The summed E-state index contributed by atoms with van der Waals surface area (Å²) in [6.45, 7) is 2.39. The maximum Gasteiger partial charge on any atom is 0.274 e. The number of amides is 1. The number of hydrogen-bond donors (Lipinski definition) is 2. The molecular weight excluding hydrogens is 369 g/mol. The summed E-state index contributed by atoms with van der Waals surface area (Å²) in [4.78, 5) is 23.2. The van der Waals surface area contributed by atoms with Gasteiger partial charge in [-0.1, -0.05) is 12.1 Å². The molecule has 6 nitrogen and oxygen atoms in total. The fourth-order valence-corrected chi connectivity index (χ4v) is 2.77. The van der Waals surface area contributed by atoms with Crippen molar-refractivity contribution in [2.75, 3.05) is 36.2 Å². The summed E-state index contributed by atoms with van der Waals surface area (Å²) in [6, 6.07) is 15.6. The monoisotopic (exact) mass is 393 g/mol. The zero-order valence-electron chi connectivity index (χ0n) is 16.7. The predicted molar refractivity (Wildman–Crippen MR) is 114 cm³/mol. The Balaban J connectivity index is 1.62. The number of aromatic nitrogens is 2. The highest BCUT2D eigenvalue weighted by molar-refractivity contribution is 6.03. The normalized spacial score (nSPS) is 10.5. The Morgan fingerprint density at radius 1 is 1.03 bits per heavy atom. The molecule has 0 aliphatic carbocycles. The Hall–Kier alpha value is -3.48. The molecule has 0 unspecified atom stereocenters. The smallest absolute Gasteiger partial charge is 0.274 e. The molecule has 0 bridgehead atoms. The molecule has 7 heteroatoms. The number of anilines is 3. The molecule has 0 atom stereocenters. The lowest BCUT2D eigenvalue weighted by atomic mass is 10.1. The molecule has 3 rings (SSSR count). The van der Waals surface area contributed by atoms with Gasteiger partial charge < -0.3 is 15.5 Å². The third-order valence-corrected chi connectivity index (χ3v) is 4.34. The summed E-state index contributed by atoms with van der Waals surface area (Å²) in [5.74, 6) is -0.161. The van der Waals surface area contributed by atoms with E-state index in [1.165, 1.54) is 12.1 Å². The first-order valence-corrected chi connectivity index (χ1v) is 9.33. The van der Waals surface area contributed by atoms with Gasteiger partial charge in [-0.2, -0.15) is 0 Å². The van der Waals surface area contributed by atoms with Crippen LogP contribution in [-0.4, -0.2) is 36.5 Å². The van der Waals surface area contributed by atoms with Gasteiger partial charge in [0.25, 0.3) is 5.91 Å². The van der Waals surface area contributed by atoms with E-state index in [1.54, 1.807) is 18.2 Å². The number of carbonyl (C=O) groups excluding carboxylic acids is 1. The van der Waals surface area contributed by atoms with Gasteiger partial charge in [-0.15, -0.1) is 0 Å². The van der Waals surface area contributed by atoms with Gasteiger partial charge >= 0.3 is 0 Å². The topological polar surface area (TPSA) is 70.2 Å². The fourth-order valence-electron chi connectivity index (χ4n) is 2.77. The van der Waals surface area contributed by atoms with Crippen molar-refractivity contribution < 1.29 is 9.18 Å². The highest BCUT2D eigenvalue weighted by atomic mass is 19.1. The molecule has 2 N–H and O–H groups in total. The van der Waals surface area contributed by atoms with Gasteiger partial charge in [-0.05, 0) is 61.4 Å². The number of nitrogens with one attached hydrogen (secondary N) is 2. The molecular formula is C22H24FN5O. The van der Waals surface area contributed by atoms with E-state index in [4.69, 9.17) is 0 Å². The van der Waals surface area contributed by atoms with Crippen LogP contribution in [0.2, 0.25) is 0 Å². The van der Waals surface area contributed by atoms with Crippen molar-refractivity contribution in [3.63, 3.8) is 0 Å². The van der Waals surface area contributed by atoms with E-state index in [9.17, 15) is 9.18 Å². The number of aryl methyl sites for hydroxylation is 1. The van der Waals surface area contributed by atoms with Crippen LogP contribution in [0, 0.1) is 12.7 Å². The first-order chi connectivity index (χ1) is 13.9. The average Bonchev–Trinajstić information content (AvgIpc) is 2.69. The second-order valence-corrected chi connectivity index (χ2v) is 6.92. The molecule has 3 aromatic rings. The molecule has 0 aliphatic rings. The van der Waals surface area contributed by atoms with Gasteiger partial charge in [0.15, 0.2) is 0 Å². The maximum atomic E-state index is 13.0. The molecule has 2 aromatic carbocycles. The lowest BCUT2D eigenvalue weighted by Crippen LogP contribution is -2.17. The minimum absolute atomic E-state index is 0.254. The van der Waals surface area contributed by atoms with Crippen LogP contribution in [0.1, 0.15) is 21.7 Å². The third-order valence-electron chi connectivity index (χ3n) is 4.34. The highest BCUT2D eigenvalue weighted by Crippen LogP contribution is 2.16. The Bertz CT molecular complexity index is 971. The van der Waals surface area contributed by atoms with E-state index in [0.717, 1.165) is 11.3 Å². The molecule has 0 radical (unpaired) electrons. The quantitative estimate of drug-likeness (QED) is 0.637. The molecule has 0 saturated carbocycles. The van der Waals surface area contributed by atoms with Crippen LogP contribution in [0.4, 0.5) is 21.7 Å². The summed E-state index contributed by atoms with van der Waals surface area (Å²) in [7, 11) is 3.92. The largest absolute Gasteiger partial charge is 0.378 e. The molecule has 29 heavy (non-hydrogen) atoms. The Kier molecular flexibility index (Phi) is 6.39. The van der Waals surface area contributed by atoms with Crippen LogP contribution >= 0.6 is 0 Å². The molecule has 1 heterocycles. The third kappa shape index (κ3) is 5.75. The second-order valence-electron chi connectivity index (χ2n) is 6.92. The standard InChI is InChI=1S/C22H24FN5O/c1-15-14-20(21(29)26-18-8-10-19(11-9-18)28(2)3)27-22(25-15)24-13-12-16-4-6-17(23)7-5-16/h4-11,14H,12-13H2,1-3H3,(H,26,29)(H,24,25,27). The second kappa shape index (κ2) is 9.14. The first-order valence-electron chi connectivity index (χ1n) is 9.33. The number of halogens is 1. The van der Waals surface area contributed by atoms with Crippen molar-refractivity contribution in [1.82, 2.24) is 9.97 Å². The summed E-state index contributed by atoms with van der Waals surface area (Å²) in [5, 5.41) is 5.98. The minimum Gasteiger partial charge on any atom is -0.378 e. The minimum atomic E-state index is -0.297. The summed E-state index contributed by atoms with van der Waals surface area (Å²) >= 11 is 0. The van der Waals surface area contributed by atoms with Crippen molar-refractivity contribution in [2.45, 2.75) is 13.3 Å². The van der Waals surface area contributed by atoms with Crippen molar-refractivity contribution >= 4 is 23.2 Å². The van der Waals surface area contributed by atoms with Crippen LogP contribution in [0.15, 0.2) is 54.6 Å². The number of carbonyl (C=O) groups is 1.